The summed E-state index contributed by atoms with van der Waals surface area (Å²) in [6, 6.07) is 2.79. The van der Waals surface area contributed by atoms with Crippen molar-refractivity contribution in [3.05, 3.63) is 27.7 Å². The maximum atomic E-state index is 11.3. The van der Waals surface area contributed by atoms with E-state index < -0.39 is 6.09 Å². The predicted octanol–water partition coefficient (Wildman–Crippen LogP) is 2.91. The zero-order valence-corrected chi connectivity index (χ0v) is 10.1. The second-order valence-corrected chi connectivity index (χ2v) is 3.80. The van der Waals surface area contributed by atoms with Gasteiger partial charge in [-0.15, -0.1) is 0 Å². The molecule has 1 aromatic rings. The number of nitrogens with one attached hydrogen (secondary N) is 1. The van der Waals surface area contributed by atoms with Crippen LogP contribution in [0.15, 0.2) is 12.1 Å². The van der Waals surface area contributed by atoms with E-state index in [2.05, 4.69) is 5.32 Å². The Morgan fingerprint density at radius 2 is 1.94 bits per heavy atom. The van der Waals surface area contributed by atoms with E-state index in [9.17, 15) is 9.59 Å². The van der Waals surface area contributed by atoms with Crippen molar-refractivity contribution < 1.29 is 14.3 Å². The lowest BCUT2D eigenvalue weighted by molar-refractivity contribution is 0.101. The predicted molar refractivity (Wildman–Crippen MR) is 61.6 cm³/mol. The second kappa shape index (κ2) is 5.18. The molecule has 0 bridgehead atoms. The number of carbonyl (C=O) groups excluding carboxylic acids is 2. The molecule has 0 atom stereocenters. The van der Waals surface area contributed by atoms with E-state index in [0.717, 1.165) is 0 Å². The van der Waals surface area contributed by atoms with Gasteiger partial charge in [0.05, 0.1) is 10.6 Å². The Morgan fingerprint density at radius 3 is 2.44 bits per heavy atom. The molecule has 1 N–H and O–H groups in total. The topological polar surface area (TPSA) is 55.4 Å². The maximum Gasteiger partial charge on any atom is 0.412 e. The fourth-order valence-corrected chi connectivity index (χ4v) is 1.60. The molecule has 0 heterocycles. The minimum absolute atomic E-state index is 0.0120. The third kappa shape index (κ3) is 2.87. The molecule has 86 valence electrons. The molecular weight excluding hydrogens is 253 g/mol. The molecule has 0 spiro atoms. The average Bonchev–Trinajstić information content (AvgIpc) is 2.20. The third-order valence-electron chi connectivity index (χ3n) is 1.79. The van der Waals surface area contributed by atoms with Crippen LogP contribution in [0.25, 0.3) is 0 Å². The van der Waals surface area contributed by atoms with Gasteiger partial charge in [0.15, 0.2) is 11.5 Å². The van der Waals surface area contributed by atoms with E-state index in [1.54, 1.807) is 0 Å². The third-order valence-corrected chi connectivity index (χ3v) is 2.29. The van der Waals surface area contributed by atoms with Gasteiger partial charge in [0.2, 0.25) is 0 Å². The van der Waals surface area contributed by atoms with Gasteiger partial charge in [0.1, 0.15) is 0 Å². The molecule has 1 amide bonds. The molecule has 16 heavy (non-hydrogen) atoms. The van der Waals surface area contributed by atoms with Gasteiger partial charge in [-0.3, -0.25) is 4.79 Å². The lowest BCUT2D eigenvalue weighted by atomic mass is 10.1. The zero-order valence-electron chi connectivity index (χ0n) is 8.64. The first kappa shape index (κ1) is 12.8. The summed E-state index contributed by atoms with van der Waals surface area (Å²) in [7, 11) is 1.40. The molecule has 1 aromatic carbocycles. The van der Waals surface area contributed by atoms with Crippen LogP contribution >= 0.6 is 23.2 Å². The number of rotatable bonds is 2. The average molecular weight is 262 g/mol. The Balaban J connectivity index is 3.24. The molecule has 0 aromatic heterocycles. The first-order valence-corrected chi connectivity index (χ1v) is 5.11. The molecule has 0 saturated carbocycles. The molecule has 0 fully saturated rings. The molecule has 0 radical (unpaired) electrons. The van der Waals surface area contributed by atoms with E-state index in [1.807, 2.05) is 0 Å². The van der Waals surface area contributed by atoms with Crippen LogP contribution in [0.4, 0.5) is 4.79 Å². The smallest absolute Gasteiger partial charge is 0.408 e. The molecule has 0 aliphatic heterocycles. The number of Topliss-reactive ketones (excluding diaryl/α,β-unsaturated/α-hetero) is 1. The minimum atomic E-state index is -0.702. The molecular formula is C10H9Cl2NO3. The number of ether oxygens (including phenoxy) is 1. The Hall–Kier alpha value is -1.26. The van der Waals surface area contributed by atoms with Crippen LogP contribution in [0.1, 0.15) is 17.3 Å². The summed E-state index contributed by atoms with van der Waals surface area (Å²) in [6.45, 7) is 1.33. The normalized spacial score (nSPS) is 9.75. The van der Waals surface area contributed by atoms with Gasteiger partial charge in [-0.1, -0.05) is 23.2 Å². The van der Waals surface area contributed by atoms with Crippen molar-refractivity contribution in [3.63, 3.8) is 0 Å². The molecule has 4 nitrogen and oxygen atoms in total. The summed E-state index contributed by atoms with van der Waals surface area (Å²) >= 11 is 11.6. The lowest BCUT2D eigenvalue weighted by Crippen LogP contribution is -2.23. The fourth-order valence-electron chi connectivity index (χ4n) is 1.07. The largest absolute Gasteiger partial charge is 0.412 e. The van der Waals surface area contributed by atoms with Crippen molar-refractivity contribution in [3.8, 4) is 5.75 Å². The number of ketones is 1. The highest BCUT2D eigenvalue weighted by Gasteiger charge is 2.16. The van der Waals surface area contributed by atoms with E-state index in [4.69, 9.17) is 27.9 Å². The highest BCUT2D eigenvalue weighted by molar-refractivity contribution is 6.36. The van der Waals surface area contributed by atoms with Gasteiger partial charge in [-0.2, -0.15) is 0 Å². The first-order chi connectivity index (χ1) is 7.45. The fraction of sp³-hybridized carbons (Fsp3) is 0.200. The van der Waals surface area contributed by atoms with Gasteiger partial charge in [0, 0.05) is 12.1 Å². The summed E-state index contributed by atoms with van der Waals surface area (Å²) in [5.41, 5.74) is 0.168. The van der Waals surface area contributed by atoms with Gasteiger partial charge >= 0.3 is 6.09 Å². The molecule has 0 aliphatic carbocycles. The van der Waals surface area contributed by atoms with Gasteiger partial charge in [-0.25, -0.2) is 4.79 Å². The van der Waals surface area contributed by atoms with Crippen molar-refractivity contribution in [2.45, 2.75) is 6.92 Å². The highest BCUT2D eigenvalue weighted by atomic mass is 35.5. The quantitative estimate of drug-likeness (QED) is 0.833. The molecule has 0 saturated heterocycles. The number of amides is 1. The number of benzene rings is 1. The first-order valence-electron chi connectivity index (χ1n) is 4.35. The number of halogens is 2. The van der Waals surface area contributed by atoms with Crippen molar-refractivity contribution in [2.75, 3.05) is 7.05 Å². The molecule has 0 unspecified atom stereocenters. The maximum absolute atomic E-state index is 11.3. The Morgan fingerprint density at radius 1 is 1.31 bits per heavy atom. The zero-order chi connectivity index (χ0) is 12.3. The summed E-state index contributed by atoms with van der Waals surface area (Å²) in [5, 5.41) is 2.67. The number of carbonyl (C=O) groups is 2. The monoisotopic (exact) mass is 261 g/mol. The molecule has 1 rings (SSSR count). The van der Waals surface area contributed by atoms with Crippen LogP contribution in [0.5, 0.6) is 5.75 Å². The van der Waals surface area contributed by atoms with Gasteiger partial charge < -0.3 is 10.1 Å². The van der Waals surface area contributed by atoms with Crippen LogP contribution in [0.2, 0.25) is 10.0 Å². The van der Waals surface area contributed by atoms with Gasteiger partial charge in [0.25, 0.3) is 0 Å². The highest BCUT2D eigenvalue weighted by Crippen LogP contribution is 2.32. The second-order valence-electron chi connectivity index (χ2n) is 2.96. The van der Waals surface area contributed by atoms with E-state index in [1.165, 1.54) is 26.1 Å². The van der Waals surface area contributed by atoms with E-state index >= 15 is 0 Å². The summed E-state index contributed by atoms with van der Waals surface area (Å²) < 4.78 is 4.88. The lowest BCUT2D eigenvalue weighted by Gasteiger charge is -2.09. The molecule has 6 heteroatoms. The van der Waals surface area contributed by atoms with Crippen molar-refractivity contribution in [1.29, 1.82) is 0 Å². The van der Waals surface area contributed by atoms with Crippen LogP contribution in [0.3, 0.4) is 0 Å². The minimum Gasteiger partial charge on any atom is -0.408 e. The standard InChI is InChI=1S/C10H9Cl2NO3/c1-5(14)7-3-6(11)4-8(12)9(7)16-10(15)13-2/h3-4H,1-2H3,(H,13,15). The van der Waals surface area contributed by atoms with Crippen LogP contribution in [-0.4, -0.2) is 18.9 Å². The van der Waals surface area contributed by atoms with Crippen LogP contribution < -0.4 is 10.1 Å². The van der Waals surface area contributed by atoms with Crippen LogP contribution in [-0.2, 0) is 0 Å². The number of hydrogen-bond acceptors (Lipinski definition) is 3. The van der Waals surface area contributed by atoms with Crippen molar-refractivity contribution >= 4 is 35.1 Å². The van der Waals surface area contributed by atoms with Crippen molar-refractivity contribution in [2.24, 2.45) is 0 Å². The van der Waals surface area contributed by atoms with E-state index in [0.29, 0.717) is 5.02 Å². The summed E-state index contributed by atoms with van der Waals surface area (Å²) in [6.07, 6.45) is -0.702. The molecule has 0 aliphatic rings. The summed E-state index contributed by atoms with van der Waals surface area (Å²) in [5.74, 6) is -0.277. The Labute approximate surface area is 102 Å². The Bertz CT molecular complexity index is 446. The summed E-state index contributed by atoms with van der Waals surface area (Å²) in [4.78, 5) is 22.4. The van der Waals surface area contributed by atoms with Crippen LogP contribution in [0, 0.1) is 0 Å². The number of hydrogen-bond donors (Lipinski definition) is 1. The SMILES string of the molecule is CNC(=O)Oc1c(Cl)cc(Cl)cc1C(C)=O. The Kier molecular flexibility index (Phi) is 4.15. The van der Waals surface area contributed by atoms with Crippen molar-refractivity contribution in [1.82, 2.24) is 5.32 Å². The van der Waals surface area contributed by atoms with Gasteiger partial charge in [-0.05, 0) is 19.1 Å². The van der Waals surface area contributed by atoms with E-state index in [-0.39, 0.29) is 22.1 Å².